The van der Waals surface area contributed by atoms with Gasteiger partial charge in [0.2, 0.25) is 0 Å². The molecule has 1 heterocycles. The van der Waals surface area contributed by atoms with Gasteiger partial charge < -0.3 is 0 Å². The molecule has 0 radical (unpaired) electrons. The Balaban J connectivity index is 2.19. The van der Waals surface area contributed by atoms with Crippen LogP contribution in [0.5, 0.6) is 0 Å². The van der Waals surface area contributed by atoms with E-state index in [9.17, 15) is 10.1 Å². The number of hydrogen-bond acceptors (Lipinski definition) is 3. The van der Waals surface area contributed by atoms with Crippen molar-refractivity contribution in [3.8, 4) is 0 Å². The average molecular weight is 327 g/mol. The highest BCUT2D eigenvalue weighted by molar-refractivity contribution is 9.10. The van der Waals surface area contributed by atoms with E-state index in [1.165, 1.54) is 12.8 Å². The lowest BCUT2D eigenvalue weighted by molar-refractivity contribution is -0.385. The number of nitro groups is 1. The Morgan fingerprint density at radius 1 is 1.47 bits per heavy atom. The highest BCUT2D eigenvalue weighted by Gasteiger charge is 2.29. The van der Waals surface area contributed by atoms with Gasteiger partial charge in [-0.3, -0.25) is 15.0 Å². The van der Waals surface area contributed by atoms with Crippen LogP contribution >= 0.6 is 15.9 Å². The summed E-state index contributed by atoms with van der Waals surface area (Å²) in [5.74, 6) is 0. The van der Waals surface area contributed by atoms with Crippen molar-refractivity contribution < 1.29 is 4.92 Å². The minimum Gasteiger partial charge on any atom is -0.293 e. The second-order valence-electron chi connectivity index (χ2n) is 5.20. The molecule has 0 aliphatic carbocycles. The minimum atomic E-state index is -0.335. The average Bonchev–Trinajstić information content (AvgIpc) is 2.72. The molecule has 1 aliphatic rings. The fourth-order valence-electron chi connectivity index (χ4n) is 2.86. The maximum absolute atomic E-state index is 11.0. The Morgan fingerprint density at radius 2 is 2.21 bits per heavy atom. The lowest BCUT2D eigenvalue weighted by Gasteiger charge is -2.27. The second kappa shape index (κ2) is 6.01. The van der Waals surface area contributed by atoms with Crippen molar-refractivity contribution >= 4 is 21.6 Å². The number of hydrogen-bond donors (Lipinski definition) is 0. The van der Waals surface area contributed by atoms with Crippen molar-refractivity contribution in [2.75, 3.05) is 0 Å². The number of likely N-dealkylation sites (tertiary alicyclic amines) is 1. The Kier molecular flexibility index (Phi) is 4.58. The van der Waals surface area contributed by atoms with Crippen molar-refractivity contribution in [3.05, 3.63) is 38.3 Å². The maximum Gasteiger partial charge on any atom is 0.283 e. The van der Waals surface area contributed by atoms with Crippen molar-refractivity contribution in [2.45, 2.75) is 51.7 Å². The standard InChI is InChI=1S/C14H19BrN2O2/c1-3-12-6-4-10(2)16(12)9-11-5-7-13(15)14(8-11)17(18)19/h5,7-8,10,12H,3-4,6,9H2,1-2H3. The van der Waals surface area contributed by atoms with Crippen LogP contribution in [-0.2, 0) is 6.54 Å². The summed E-state index contributed by atoms with van der Waals surface area (Å²) in [5, 5.41) is 11.0. The molecule has 0 aromatic heterocycles. The quantitative estimate of drug-likeness (QED) is 0.617. The van der Waals surface area contributed by atoms with E-state index in [0.717, 1.165) is 18.5 Å². The summed E-state index contributed by atoms with van der Waals surface area (Å²) in [6.07, 6.45) is 3.59. The number of rotatable bonds is 4. The molecule has 1 saturated heterocycles. The normalized spacial score (nSPS) is 23.7. The van der Waals surface area contributed by atoms with Crippen molar-refractivity contribution in [1.82, 2.24) is 4.90 Å². The first-order valence-corrected chi connectivity index (χ1v) is 7.50. The Hall–Kier alpha value is -0.940. The van der Waals surface area contributed by atoms with E-state index in [1.807, 2.05) is 6.07 Å². The zero-order valence-corrected chi connectivity index (χ0v) is 12.9. The number of nitro benzene ring substituents is 1. The van der Waals surface area contributed by atoms with Gasteiger partial charge in [0.05, 0.1) is 9.40 Å². The SMILES string of the molecule is CCC1CCC(C)N1Cc1ccc(Br)c([N+](=O)[O-])c1. The summed E-state index contributed by atoms with van der Waals surface area (Å²) < 4.78 is 0.544. The molecule has 19 heavy (non-hydrogen) atoms. The minimum absolute atomic E-state index is 0.150. The van der Waals surface area contributed by atoms with Crippen LogP contribution in [0.1, 0.15) is 38.7 Å². The Morgan fingerprint density at radius 3 is 2.84 bits per heavy atom. The summed E-state index contributed by atoms with van der Waals surface area (Å²) in [7, 11) is 0. The molecule has 1 aromatic carbocycles. The summed E-state index contributed by atoms with van der Waals surface area (Å²) in [5.41, 5.74) is 1.17. The predicted octanol–water partition coefficient (Wildman–Crippen LogP) is 4.12. The van der Waals surface area contributed by atoms with E-state index in [0.29, 0.717) is 16.6 Å². The van der Waals surface area contributed by atoms with Crippen molar-refractivity contribution in [2.24, 2.45) is 0 Å². The van der Waals surface area contributed by atoms with Crippen LogP contribution in [0.15, 0.2) is 22.7 Å². The summed E-state index contributed by atoms with van der Waals surface area (Å²) in [6, 6.07) is 6.59. The van der Waals surface area contributed by atoms with Gasteiger partial charge in [0.15, 0.2) is 0 Å². The van der Waals surface area contributed by atoms with Gasteiger partial charge in [0.1, 0.15) is 0 Å². The van der Waals surface area contributed by atoms with Crippen LogP contribution in [0.2, 0.25) is 0 Å². The molecule has 1 aromatic rings. The smallest absolute Gasteiger partial charge is 0.283 e. The highest BCUT2D eigenvalue weighted by Crippen LogP contribution is 2.30. The lowest BCUT2D eigenvalue weighted by atomic mass is 10.1. The third-order valence-electron chi connectivity index (χ3n) is 4.00. The lowest BCUT2D eigenvalue weighted by Crippen LogP contribution is -2.33. The van der Waals surface area contributed by atoms with Crippen molar-refractivity contribution in [3.63, 3.8) is 0 Å². The van der Waals surface area contributed by atoms with E-state index in [-0.39, 0.29) is 10.6 Å². The van der Waals surface area contributed by atoms with Crippen LogP contribution in [0, 0.1) is 10.1 Å². The molecule has 2 atom stereocenters. The van der Waals surface area contributed by atoms with Crippen LogP contribution < -0.4 is 0 Å². The zero-order valence-electron chi connectivity index (χ0n) is 11.3. The molecule has 104 valence electrons. The molecule has 2 rings (SSSR count). The van der Waals surface area contributed by atoms with Crippen LogP contribution in [-0.4, -0.2) is 21.9 Å². The van der Waals surface area contributed by atoms with Gasteiger partial charge in [-0.15, -0.1) is 0 Å². The number of benzene rings is 1. The third kappa shape index (κ3) is 3.15. The second-order valence-corrected chi connectivity index (χ2v) is 6.06. The topological polar surface area (TPSA) is 46.4 Å². The molecule has 1 fully saturated rings. The first-order valence-electron chi connectivity index (χ1n) is 6.71. The van der Waals surface area contributed by atoms with Gasteiger partial charge in [0, 0.05) is 24.7 Å². The van der Waals surface area contributed by atoms with Crippen LogP contribution in [0.25, 0.3) is 0 Å². The van der Waals surface area contributed by atoms with Gasteiger partial charge in [-0.1, -0.05) is 13.0 Å². The molecular formula is C14H19BrN2O2. The maximum atomic E-state index is 11.0. The molecule has 5 heteroatoms. The molecule has 0 saturated carbocycles. The van der Waals surface area contributed by atoms with Gasteiger partial charge in [-0.25, -0.2) is 0 Å². The monoisotopic (exact) mass is 326 g/mol. The molecular weight excluding hydrogens is 308 g/mol. The van der Waals surface area contributed by atoms with Gasteiger partial charge in [0.25, 0.3) is 5.69 Å². The van der Waals surface area contributed by atoms with Crippen LogP contribution in [0.3, 0.4) is 0 Å². The molecule has 1 aliphatic heterocycles. The van der Waals surface area contributed by atoms with Gasteiger partial charge in [-0.2, -0.15) is 0 Å². The third-order valence-corrected chi connectivity index (χ3v) is 4.67. The Labute approximate surface area is 122 Å². The molecule has 2 unspecified atom stereocenters. The zero-order chi connectivity index (χ0) is 14.0. The molecule has 0 bridgehead atoms. The fourth-order valence-corrected chi connectivity index (χ4v) is 3.25. The largest absolute Gasteiger partial charge is 0.293 e. The molecule has 4 nitrogen and oxygen atoms in total. The number of halogens is 1. The first-order chi connectivity index (χ1) is 9.02. The van der Waals surface area contributed by atoms with Crippen molar-refractivity contribution in [1.29, 1.82) is 0 Å². The van der Waals surface area contributed by atoms with E-state index in [1.54, 1.807) is 12.1 Å². The molecule has 0 amide bonds. The van der Waals surface area contributed by atoms with E-state index in [4.69, 9.17) is 0 Å². The number of nitrogens with zero attached hydrogens (tertiary/aromatic N) is 2. The Bertz CT molecular complexity index is 479. The molecule has 0 N–H and O–H groups in total. The van der Waals surface area contributed by atoms with Crippen LogP contribution in [0.4, 0.5) is 5.69 Å². The summed E-state index contributed by atoms with van der Waals surface area (Å²) in [6.45, 7) is 5.25. The first kappa shape index (κ1) is 14.5. The van der Waals surface area contributed by atoms with Gasteiger partial charge in [-0.05, 0) is 53.7 Å². The fraction of sp³-hybridized carbons (Fsp3) is 0.571. The van der Waals surface area contributed by atoms with E-state index in [2.05, 4.69) is 34.7 Å². The summed E-state index contributed by atoms with van der Waals surface area (Å²) in [4.78, 5) is 13.1. The van der Waals surface area contributed by atoms with E-state index < -0.39 is 0 Å². The van der Waals surface area contributed by atoms with E-state index >= 15 is 0 Å². The van der Waals surface area contributed by atoms with Gasteiger partial charge >= 0.3 is 0 Å². The summed E-state index contributed by atoms with van der Waals surface area (Å²) >= 11 is 3.23. The highest BCUT2D eigenvalue weighted by atomic mass is 79.9. The predicted molar refractivity (Wildman–Crippen MR) is 79.1 cm³/mol. The molecule has 0 spiro atoms.